The number of nitrogens with one attached hydrogen (secondary N) is 1. The Morgan fingerprint density at radius 2 is 2.04 bits per heavy atom. The number of aliphatic imine (C=N–C) groups is 1. The third kappa shape index (κ3) is 5.77. The minimum absolute atomic E-state index is 0.898. The second-order valence-corrected chi connectivity index (χ2v) is 8.38. The van der Waals surface area contributed by atoms with Gasteiger partial charge in [0.1, 0.15) is 10.1 Å². The first kappa shape index (κ1) is 19.8. The van der Waals surface area contributed by atoms with Crippen LogP contribution in [0.25, 0.3) is 0 Å². The van der Waals surface area contributed by atoms with Crippen LogP contribution in [0.3, 0.4) is 0 Å². The molecule has 8 heteroatoms. The molecule has 0 atom stereocenters. The van der Waals surface area contributed by atoms with Gasteiger partial charge in [-0.15, -0.1) is 11.3 Å². The molecular weight excluding hydrogens is 378 g/mol. The molecule has 1 fully saturated rings. The maximum Gasteiger partial charge on any atom is 0.193 e. The zero-order valence-electron chi connectivity index (χ0n) is 15.9. The van der Waals surface area contributed by atoms with Crippen LogP contribution in [0.1, 0.15) is 6.42 Å². The topological polar surface area (TPSA) is 53.0 Å². The van der Waals surface area contributed by atoms with Crippen molar-refractivity contribution in [2.45, 2.75) is 10.8 Å². The number of methoxy groups -OCH3 is 1. The summed E-state index contributed by atoms with van der Waals surface area (Å²) in [5, 5.41) is 5.52. The molecule has 1 aromatic heterocycles. The lowest BCUT2D eigenvalue weighted by Gasteiger charge is -2.37. The fourth-order valence-electron chi connectivity index (χ4n) is 3.02. The molecule has 1 N–H and O–H groups in total. The van der Waals surface area contributed by atoms with Crippen LogP contribution in [0, 0.1) is 0 Å². The lowest BCUT2D eigenvalue weighted by Crippen LogP contribution is -2.52. The van der Waals surface area contributed by atoms with E-state index in [-0.39, 0.29) is 0 Å². The molecule has 1 aromatic carbocycles. The number of piperazine rings is 1. The van der Waals surface area contributed by atoms with E-state index in [2.05, 4.69) is 37.2 Å². The van der Waals surface area contributed by atoms with E-state index in [0.717, 1.165) is 60.9 Å². The van der Waals surface area contributed by atoms with Gasteiger partial charge >= 0.3 is 0 Å². The first-order chi connectivity index (χ1) is 13.3. The molecule has 0 saturated carbocycles. The third-order valence-corrected chi connectivity index (χ3v) is 6.52. The quantitative estimate of drug-likeness (QED) is 0.331. The van der Waals surface area contributed by atoms with Crippen molar-refractivity contribution in [1.29, 1.82) is 0 Å². The maximum atomic E-state index is 5.24. The number of anilines is 1. The molecule has 1 aliphatic heterocycles. The Morgan fingerprint density at radius 3 is 2.67 bits per heavy atom. The number of aromatic nitrogens is 1. The van der Waals surface area contributed by atoms with Crippen LogP contribution in [0.4, 0.5) is 5.69 Å². The van der Waals surface area contributed by atoms with E-state index in [0.29, 0.717) is 0 Å². The molecule has 0 amide bonds. The van der Waals surface area contributed by atoms with E-state index in [1.165, 1.54) is 5.69 Å². The lowest BCUT2D eigenvalue weighted by atomic mass is 10.2. The van der Waals surface area contributed by atoms with E-state index in [4.69, 9.17) is 4.74 Å². The summed E-state index contributed by atoms with van der Waals surface area (Å²) in [7, 11) is 3.56. The minimum atomic E-state index is 0.898. The number of ether oxygens (including phenoxy) is 1. The monoisotopic (exact) mass is 405 g/mol. The van der Waals surface area contributed by atoms with Crippen LogP contribution in [0.5, 0.6) is 5.75 Å². The Labute approximate surface area is 169 Å². The summed E-state index contributed by atoms with van der Waals surface area (Å²) in [5.74, 6) is 2.97. The predicted molar refractivity (Wildman–Crippen MR) is 116 cm³/mol. The van der Waals surface area contributed by atoms with Gasteiger partial charge in [0.25, 0.3) is 0 Å². The van der Waals surface area contributed by atoms with Crippen molar-refractivity contribution in [1.82, 2.24) is 15.2 Å². The highest BCUT2D eigenvalue weighted by atomic mass is 32.2. The number of hydrogen-bond donors (Lipinski definition) is 1. The highest BCUT2D eigenvalue weighted by molar-refractivity contribution is 8.00. The fraction of sp³-hybridized carbons (Fsp3) is 0.474. The highest BCUT2D eigenvalue weighted by Gasteiger charge is 2.19. The van der Waals surface area contributed by atoms with Crippen molar-refractivity contribution in [3.8, 4) is 5.75 Å². The van der Waals surface area contributed by atoms with Crippen molar-refractivity contribution in [2.24, 2.45) is 4.99 Å². The van der Waals surface area contributed by atoms with Gasteiger partial charge in [-0.2, -0.15) is 0 Å². The van der Waals surface area contributed by atoms with Crippen LogP contribution >= 0.6 is 23.1 Å². The Morgan fingerprint density at radius 1 is 1.26 bits per heavy atom. The number of hydrogen-bond acceptors (Lipinski definition) is 6. The minimum Gasteiger partial charge on any atom is -0.497 e. The van der Waals surface area contributed by atoms with Crippen molar-refractivity contribution in [3.63, 3.8) is 0 Å². The molecule has 0 bridgehead atoms. The molecule has 3 rings (SSSR count). The van der Waals surface area contributed by atoms with E-state index in [1.54, 1.807) is 18.4 Å². The van der Waals surface area contributed by atoms with Gasteiger partial charge in [-0.1, -0.05) is 11.8 Å². The van der Waals surface area contributed by atoms with Crippen molar-refractivity contribution >= 4 is 34.7 Å². The smallest absolute Gasteiger partial charge is 0.193 e. The number of nitrogens with zero attached hydrogens (tertiary/aromatic N) is 4. The van der Waals surface area contributed by atoms with Gasteiger partial charge < -0.3 is 19.9 Å². The molecule has 0 aliphatic carbocycles. The second-order valence-electron chi connectivity index (χ2n) is 6.15. The largest absolute Gasteiger partial charge is 0.497 e. The van der Waals surface area contributed by atoms with Crippen molar-refractivity contribution < 1.29 is 4.74 Å². The van der Waals surface area contributed by atoms with Crippen LogP contribution in [-0.4, -0.2) is 68.5 Å². The summed E-state index contributed by atoms with van der Waals surface area (Å²) in [5.41, 5.74) is 1.25. The predicted octanol–water partition coefficient (Wildman–Crippen LogP) is 3.03. The molecule has 27 heavy (non-hydrogen) atoms. The average Bonchev–Trinajstić information content (AvgIpc) is 3.24. The molecule has 0 spiro atoms. The molecule has 1 saturated heterocycles. The summed E-state index contributed by atoms with van der Waals surface area (Å²) < 4.78 is 6.39. The maximum absolute atomic E-state index is 5.24. The van der Waals surface area contributed by atoms with Gasteiger partial charge in [0, 0.05) is 62.8 Å². The molecule has 1 aliphatic rings. The highest BCUT2D eigenvalue weighted by Crippen LogP contribution is 2.21. The van der Waals surface area contributed by atoms with E-state index < -0.39 is 0 Å². The zero-order chi connectivity index (χ0) is 18.9. The standard InChI is InChI=1S/C19H27N5OS2/c1-20-18(21-8-3-14-26-19-22-9-15-27-19)24-12-10-23(11-13-24)16-4-6-17(25-2)7-5-16/h4-7,9,15H,3,8,10-14H2,1-2H3,(H,20,21). The summed E-state index contributed by atoms with van der Waals surface area (Å²) in [6, 6.07) is 8.29. The van der Waals surface area contributed by atoms with Gasteiger partial charge in [0.2, 0.25) is 0 Å². The molecule has 0 unspecified atom stereocenters. The summed E-state index contributed by atoms with van der Waals surface area (Å²) in [6.07, 6.45) is 2.95. The SMILES string of the molecule is CN=C(NCCCSc1nccs1)N1CCN(c2ccc(OC)cc2)CC1. The molecule has 2 aromatic rings. The van der Waals surface area contributed by atoms with Crippen LogP contribution in [0.15, 0.2) is 45.2 Å². The van der Waals surface area contributed by atoms with Crippen molar-refractivity contribution in [3.05, 3.63) is 35.8 Å². The fourth-order valence-corrected chi connectivity index (χ4v) is 4.66. The lowest BCUT2D eigenvalue weighted by molar-refractivity contribution is 0.372. The average molecular weight is 406 g/mol. The molecular formula is C19H27N5OS2. The summed E-state index contributed by atoms with van der Waals surface area (Å²) >= 11 is 3.52. The number of thioether (sulfide) groups is 1. The summed E-state index contributed by atoms with van der Waals surface area (Å²) in [6.45, 7) is 4.86. The normalized spacial score (nSPS) is 15.1. The van der Waals surface area contributed by atoms with Crippen LogP contribution in [-0.2, 0) is 0 Å². The van der Waals surface area contributed by atoms with E-state index in [9.17, 15) is 0 Å². The number of rotatable bonds is 7. The Hall–Kier alpha value is -1.93. The zero-order valence-corrected chi connectivity index (χ0v) is 17.6. The second kappa shape index (κ2) is 10.4. The first-order valence-electron chi connectivity index (χ1n) is 9.17. The first-order valence-corrected chi connectivity index (χ1v) is 11.0. The Bertz CT molecular complexity index is 697. The van der Waals surface area contributed by atoms with Gasteiger partial charge in [0.15, 0.2) is 5.96 Å². The molecule has 0 radical (unpaired) electrons. The molecule has 146 valence electrons. The van der Waals surface area contributed by atoms with Gasteiger partial charge in [-0.25, -0.2) is 4.98 Å². The van der Waals surface area contributed by atoms with Crippen LogP contribution < -0.4 is 15.0 Å². The van der Waals surface area contributed by atoms with E-state index >= 15 is 0 Å². The van der Waals surface area contributed by atoms with E-state index in [1.807, 2.05) is 42.5 Å². The van der Waals surface area contributed by atoms with Crippen molar-refractivity contribution in [2.75, 3.05) is 57.5 Å². The Kier molecular flexibility index (Phi) is 7.65. The van der Waals surface area contributed by atoms with Crippen LogP contribution in [0.2, 0.25) is 0 Å². The number of guanidine groups is 1. The summed E-state index contributed by atoms with van der Waals surface area (Å²) in [4.78, 5) is 13.5. The van der Waals surface area contributed by atoms with Gasteiger partial charge in [-0.05, 0) is 30.7 Å². The third-order valence-electron chi connectivity index (χ3n) is 4.47. The number of benzene rings is 1. The molecule has 6 nitrogen and oxygen atoms in total. The van der Waals surface area contributed by atoms with Gasteiger partial charge in [-0.3, -0.25) is 4.99 Å². The molecule has 2 heterocycles. The number of thiazole rings is 1. The van der Waals surface area contributed by atoms with Gasteiger partial charge in [0.05, 0.1) is 7.11 Å². The Balaban J connectivity index is 1.38.